The number of hydrogen-bond donors (Lipinski definition) is 1. The van der Waals surface area contributed by atoms with E-state index in [4.69, 9.17) is 0 Å². The van der Waals surface area contributed by atoms with Gasteiger partial charge in [-0.2, -0.15) is 13.2 Å². The Balaban J connectivity index is 1.72. The lowest BCUT2D eigenvalue weighted by atomic mass is 10.2. The summed E-state index contributed by atoms with van der Waals surface area (Å²) in [6, 6.07) is 6.71. The maximum atomic E-state index is 13.2. The number of hydrogen-bond acceptors (Lipinski definition) is 5. The second-order valence-electron chi connectivity index (χ2n) is 7.35. The van der Waals surface area contributed by atoms with Gasteiger partial charge in [0, 0.05) is 38.1 Å². The molecule has 152 valence electrons. The molecule has 1 aromatic heterocycles. The van der Waals surface area contributed by atoms with Crippen LogP contribution in [0.25, 0.3) is 10.9 Å². The number of fused-ring (bicyclic) bond motifs is 1. The van der Waals surface area contributed by atoms with Crippen molar-refractivity contribution >= 4 is 22.6 Å². The number of halogens is 3. The summed E-state index contributed by atoms with van der Waals surface area (Å²) >= 11 is 0. The SMILES string of the molecule is CC(C)CNC(=O)CN1CCN(c2nc(C(F)(F)F)nc3ccccc23)CC1. The summed E-state index contributed by atoms with van der Waals surface area (Å²) in [5.74, 6) is -0.484. The average Bonchev–Trinajstić information content (AvgIpc) is 2.65. The number of benzene rings is 1. The van der Waals surface area contributed by atoms with Gasteiger partial charge in [0.1, 0.15) is 5.82 Å². The number of anilines is 1. The molecule has 9 heteroatoms. The van der Waals surface area contributed by atoms with E-state index in [2.05, 4.69) is 15.3 Å². The second kappa shape index (κ2) is 8.30. The maximum Gasteiger partial charge on any atom is 0.451 e. The summed E-state index contributed by atoms with van der Waals surface area (Å²) in [6.45, 7) is 7.13. The molecule has 2 aromatic rings. The topological polar surface area (TPSA) is 61.4 Å². The Morgan fingerprint density at radius 1 is 1.14 bits per heavy atom. The molecule has 0 spiro atoms. The van der Waals surface area contributed by atoms with Crippen molar-refractivity contribution in [1.82, 2.24) is 20.2 Å². The molecule has 2 heterocycles. The minimum atomic E-state index is -4.60. The van der Waals surface area contributed by atoms with Crippen molar-refractivity contribution in [3.63, 3.8) is 0 Å². The lowest BCUT2D eigenvalue weighted by molar-refractivity contribution is -0.144. The third kappa shape index (κ3) is 4.89. The Labute approximate surface area is 161 Å². The van der Waals surface area contributed by atoms with Crippen LogP contribution in [0.4, 0.5) is 19.0 Å². The first-order valence-corrected chi connectivity index (χ1v) is 9.32. The van der Waals surface area contributed by atoms with Crippen LogP contribution < -0.4 is 10.2 Å². The van der Waals surface area contributed by atoms with E-state index in [9.17, 15) is 18.0 Å². The number of carbonyl (C=O) groups excluding carboxylic acids is 1. The predicted octanol–water partition coefficient (Wildman–Crippen LogP) is 2.54. The predicted molar refractivity (Wildman–Crippen MR) is 101 cm³/mol. The second-order valence-corrected chi connectivity index (χ2v) is 7.35. The van der Waals surface area contributed by atoms with Crippen LogP contribution in [0.15, 0.2) is 24.3 Å². The Morgan fingerprint density at radius 2 is 1.82 bits per heavy atom. The molecule has 1 aliphatic rings. The van der Waals surface area contributed by atoms with Gasteiger partial charge in [-0.3, -0.25) is 9.69 Å². The monoisotopic (exact) mass is 395 g/mol. The molecular formula is C19H24F3N5O. The minimum Gasteiger partial charge on any atom is -0.355 e. The molecule has 0 atom stereocenters. The number of alkyl halides is 3. The standard InChI is InChI=1S/C19H24F3N5O/c1-13(2)11-23-16(28)12-26-7-9-27(10-8-26)17-14-5-3-4-6-15(14)24-18(25-17)19(20,21)22/h3-6,13H,7-12H2,1-2H3,(H,23,28). The zero-order chi connectivity index (χ0) is 20.3. The fourth-order valence-corrected chi connectivity index (χ4v) is 3.12. The van der Waals surface area contributed by atoms with Crippen LogP contribution >= 0.6 is 0 Å². The summed E-state index contributed by atoms with van der Waals surface area (Å²) in [4.78, 5) is 23.3. The van der Waals surface area contributed by atoms with Gasteiger partial charge < -0.3 is 10.2 Å². The lowest BCUT2D eigenvalue weighted by Gasteiger charge is -2.35. The number of rotatable bonds is 5. The first-order chi connectivity index (χ1) is 13.2. The number of nitrogens with zero attached hydrogens (tertiary/aromatic N) is 4. The highest BCUT2D eigenvalue weighted by Crippen LogP contribution is 2.32. The van der Waals surface area contributed by atoms with Gasteiger partial charge in [0.05, 0.1) is 12.1 Å². The van der Waals surface area contributed by atoms with Crippen LogP contribution in [-0.2, 0) is 11.0 Å². The number of nitrogens with one attached hydrogen (secondary N) is 1. The summed E-state index contributed by atoms with van der Waals surface area (Å²) in [5.41, 5.74) is 0.273. The first-order valence-electron chi connectivity index (χ1n) is 9.32. The van der Waals surface area contributed by atoms with Crippen molar-refractivity contribution in [2.75, 3.05) is 44.2 Å². The quantitative estimate of drug-likeness (QED) is 0.843. The highest BCUT2D eigenvalue weighted by atomic mass is 19.4. The Bertz CT molecular complexity index is 832. The number of amides is 1. The molecule has 0 saturated carbocycles. The fraction of sp³-hybridized carbons (Fsp3) is 0.526. The van der Waals surface area contributed by atoms with E-state index in [0.29, 0.717) is 56.4 Å². The van der Waals surface area contributed by atoms with E-state index in [-0.39, 0.29) is 11.4 Å². The van der Waals surface area contributed by atoms with Crippen LogP contribution in [0.1, 0.15) is 19.7 Å². The van der Waals surface area contributed by atoms with E-state index in [0.717, 1.165) is 0 Å². The third-order valence-electron chi connectivity index (χ3n) is 4.58. The number of aromatic nitrogens is 2. The maximum absolute atomic E-state index is 13.2. The molecule has 0 unspecified atom stereocenters. The van der Waals surface area contributed by atoms with Crippen LogP contribution in [0.2, 0.25) is 0 Å². The zero-order valence-electron chi connectivity index (χ0n) is 16.0. The van der Waals surface area contributed by atoms with Crippen LogP contribution in [0, 0.1) is 5.92 Å². The number of carbonyl (C=O) groups is 1. The van der Waals surface area contributed by atoms with E-state index in [1.54, 1.807) is 24.3 Å². The molecule has 1 aliphatic heterocycles. The molecule has 1 amide bonds. The number of piperazine rings is 1. The van der Waals surface area contributed by atoms with Crippen molar-refractivity contribution < 1.29 is 18.0 Å². The molecule has 1 N–H and O–H groups in total. The van der Waals surface area contributed by atoms with E-state index >= 15 is 0 Å². The highest BCUT2D eigenvalue weighted by Gasteiger charge is 2.36. The van der Waals surface area contributed by atoms with Gasteiger partial charge in [-0.05, 0) is 18.1 Å². The normalized spacial score (nSPS) is 16.0. The van der Waals surface area contributed by atoms with Gasteiger partial charge in [-0.25, -0.2) is 9.97 Å². The molecule has 1 fully saturated rings. The molecule has 0 bridgehead atoms. The Hall–Kier alpha value is -2.42. The summed E-state index contributed by atoms with van der Waals surface area (Å²) < 4.78 is 39.6. The van der Waals surface area contributed by atoms with Crippen molar-refractivity contribution in [3.05, 3.63) is 30.1 Å². The molecule has 0 radical (unpaired) electrons. The van der Waals surface area contributed by atoms with Gasteiger partial charge in [0.2, 0.25) is 11.7 Å². The number of para-hydroxylation sites is 1. The molecular weight excluding hydrogens is 371 g/mol. The van der Waals surface area contributed by atoms with Gasteiger partial charge in [0.25, 0.3) is 0 Å². The summed E-state index contributed by atoms with van der Waals surface area (Å²) in [5, 5.41) is 3.48. The van der Waals surface area contributed by atoms with E-state index < -0.39 is 12.0 Å². The smallest absolute Gasteiger partial charge is 0.355 e. The van der Waals surface area contributed by atoms with Crippen LogP contribution in [0.3, 0.4) is 0 Å². The molecule has 28 heavy (non-hydrogen) atoms. The van der Waals surface area contributed by atoms with Gasteiger partial charge in [-0.1, -0.05) is 26.0 Å². The van der Waals surface area contributed by atoms with Crippen LogP contribution in [-0.4, -0.2) is 60.0 Å². The molecule has 6 nitrogen and oxygen atoms in total. The Kier molecular flexibility index (Phi) is 6.02. The van der Waals surface area contributed by atoms with Crippen molar-refractivity contribution in [2.24, 2.45) is 5.92 Å². The first kappa shape index (κ1) is 20.3. The lowest BCUT2D eigenvalue weighted by Crippen LogP contribution is -2.50. The van der Waals surface area contributed by atoms with E-state index in [1.165, 1.54) is 0 Å². The van der Waals surface area contributed by atoms with Gasteiger partial charge >= 0.3 is 6.18 Å². The highest BCUT2D eigenvalue weighted by molar-refractivity contribution is 5.89. The van der Waals surface area contributed by atoms with Crippen LogP contribution in [0.5, 0.6) is 0 Å². The van der Waals surface area contributed by atoms with Crippen molar-refractivity contribution in [1.29, 1.82) is 0 Å². The fourth-order valence-electron chi connectivity index (χ4n) is 3.12. The third-order valence-corrected chi connectivity index (χ3v) is 4.58. The Morgan fingerprint density at radius 3 is 2.46 bits per heavy atom. The zero-order valence-corrected chi connectivity index (χ0v) is 16.0. The summed E-state index contributed by atoms with van der Waals surface area (Å²) in [7, 11) is 0. The van der Waals surface area contributed by atoms with Crippen molar-refractivity contribution in [3.8, 4) is 0 Å². The molecule has 1 saturated heterocycles. The van der Waals surface area contributed by atoms with Gasteiger partial charge in [-0.15, -0.1) is 0 Å². The van der Waals surface area contributed by atoms with Crippen molar-refractivity contribution in [2.45, 2.75) is 20.0 Å². The molecule has 0 aliphatic carbocycles. The van der Waals surface area contributed by atoms with Gasteiger partial charge in [0.15, 0.2) is 0 Å². The largest absolute Gasteiger partial charge is 0.451 e. The van der Waals surface area contributed by atoms with E-state index in [1.807, 2.05) is 23.6 Å². The molecule has 3 rings (SSSR count). The average molecular weight is 395 g/mol. The summed E-state index contributed by atoms with van der Waals surface area (Å²) in [6.07, 6.45) is -4.60. The minimum absolute atomic E-state index is 0.0333. The molecule has 1 aromatic carbocycles.